The van der Waals surface area contributed by atoms with E-state index in [4.69, 9.17) is 6.42 Å². The van der Waals surface area contributed by atoms with E-state index in [1.807, 2.05) is 6.07 Å². The van der Waals surface area contributed by atoms with E-state index < -0.39 is 6.04 Å². The van der Waals surface area contributed by atoms with E-state index in [-0.39, 0.29) is 30.1 Å². The van der Waals surface area contributed by atoms with Gasteiger partial charge >= 0.3 is 0 Å². The number of likely N-dealkylation sites (tertiary alicyclic amines) is 1. The minimum Gasteiger partial charge on any atom is -0.372 e. The quantitative estimate of drug-likeness (QED) is 0.392. The van der Waals surface area contributed by atoms with Crippen LogP contribution in [0.1, 0.15) is 30.1 Å². The molecule has 7 nitrogen and oxygen atoms in total. The first kappa shape index (κ1) is 25.5. The second-order valence-corrected chi connectivity index (χ2v) is 8.71. The molecule has 1 saturated heterocycles. The number of hydrogen-bond acceptors (Lipinski definition) is 4. The molecule has 0 radical (unpaired) electrons. The summed E-state index contributed by atoms with van der Waals surface area (Å²) in [6.07, 6.45) is 6.60. The maximum atomic E-state index is 13.3. The minimum atomic E-state index is -0.569. The van der Waals surface area contributed by atoms with Crippen LogP contribution in [-0.4, -0.2) is 41.8 Å². The number of terminal acetylenes is 1. The lowest BCUT2D eigenvalue weighted by atomic mass is 10.0. The lowest BCUT2D eigenvalue weighted by Gasteiger charge is -2.23. The highest BCUT2D eigenvalue weighted by Gasteiger charge is 2.29. The second kappa shape index (κ2) is 11.4. The Morgan fingerprint density at radius 3 is 2.35 bits per heavy atom. The van der Waals surface area contributed by atoms with Crippen molar-refractivity contribution >= 4 is 34.8 Å². The van der Waals surface area contributed by atoms with Crippen molar-refractivity contribution in [1.29, 1.82) is 0 Å². The van der Waals surface area contributed by atoms with Crippen LogP contribution in [-0.2, 0) is 9.59 Å². The van der Waals surface area contributed by atoms with Gasteiger partial charge in [0.2, 0.25) is 11.8 Å². The molecule has 3 aromatic rings. The van der Waals surface area contributed by atoms with E-state index in [1.54, 1.807) is 60.4 Å². The standard InChI is InChI=1S/C29H27FN4O3/c1-3-16-31-25-15-10-22(20-6-11-23(30)12-7-20)18-26(25)33-29(37)21-8-13-24(14-9-21)32-28(36)19(2)34-17-4-5-27(34)35/h1,6-15,18-19,31H,4-5,16-17H2,2H3,(H,32,36)(H,33,37). The Hall–Kier alpha value is -4.64. The zero-order valence-corrected chi connectivity index (χ0v) is 20.4. The number of amides is 3. The van der Waals surface area contributed by atoms with Gasteiger partial charge in [-0.25, -0.2) is 4.39 Å². The molecule has 3 amide bonds. The summed E-state index contributed by atoms with van der Waals surface area (Å²) in [4.78, 5) is 39.1. The molecule has 4 rings (SSSR count). The Balaban J connectivity index is 1.47. The normalized spacial score (nSPS) is 13.5. The Labute approximate surface area is 215 Å². The van der Waals surface area contributed by atoms with E-state index >= 15 is 0 Å². The highest BCUT2D eigenvalue weighted by Crippen LogP contribution is 2.30. The fourth-order valence-corrected chi connectivity index (χ4v) is 4.14. The van der Waals surface area contributed by atoms with Gasteiger partial charge in [-0.2, -0.15) is 0 Å². The number of benzene rings is 3. The monoisotopic (exact) mass is 498 g/mol. The zero-order valence-electron chi connectivity index (χ0n) is 20.4. The molecule has 1 unspecified atom stereocenters. The zero-order chi connectivity index (χ0) is 26.4. The maximum Gasteiger partial charge on any atom is 0.255 e. The number of carbonyl (C=O) groups excluding carboxylic acids is 3. The third-order valence-electron chi connectivity index (χ3n) is 6.20. The van der Waals surface area contributed by atoms with Crippen LogP contribution in [0.15, 0.2) is 66.7 Å². The van der Waals surface area contributed by atoms with Crippen LogP contribution in [0.25, 0.3) is 11.1 Å². The molecule has 0 bridgehead atoms. The van der Waals surface area contributed by atoms with Crippen molar-refractivity contribution in [2.24, 2.45) is 0 Å². The predicted octanol–water partition coefficient (Wildman–Crippen LogP) is 4.74. The molecule has 1 fully saturated rings. The van der Waals surface area contributed by atoms with Crippen molar-refractivity contribution in [3.8, 4) is 23.5 Å². The van der Waals surface area contributed by atoms with E-state index in [2.05, 4.69) is 21.9 Å². The van der Waals surface area contributed by atoms with Crippen LogP contribution < -0.4 is 16.0 Å². The largest absolute Gasteiger partial charge is 0.372 e. The molecular weight excluding hydrogens is 471 g/mol. The Kier molecular flexibility index (Phi) is 7.84. The molecule has 1 aliphatic heterocycles. The molecule has 1 aliphatic rings. The summed E-state index contributed by atoms with van der Waals surface area (Å²) in [7, 11) is 0. The first-order valence-corrected chi connectivity index (χ1v) is 11.9. The average Bonchev–Trinajstić information content (AvgIpc) is 3.34. The van der Waals surface area contributed by atoms with Gasteiger partial charge < -0.3 is 20.9 Å². The van der Waals surface area contributed by atoms with Gasteiger partial charge in [0.15, 0.2) is 0 Å². The average molecular weight is 499 g/mol. The van der Waals surface area contributed by atoms with Crippen LogP contribution in [0.5, 0.6) is 0 Å². The minimum absolute atomic E-state index is 0.0192. The Morgan fingerprint density at radius 1 is 1.00 bits per heavy atom. The van der Waals surface area contributed by atoms with Crippen LogP contribution >= 0.6 is 0 Å². The lowest BCUT2D eigenvalue weighted by Crippen LogP contribution is -2.42. The molecule has 8 heteroatoms. The van der Waals surface area contributed by atoms with Crippen molar-refractivity contribution in [2.75, 3.05) is 29.0 Å². The molecule has 3 N–H and O–H groups in total. The number of halogens is 1. The SMILES string of the molecule is C#CCNc1ccc(-c2ccc(F)cc2)cc1NC(=O)c1ccc(NC(=O)C(C)N2CCCC2=O)cc1. The number of hydrogen-bond donors (Lipinski definition) is 3. The number of nitrogens with one attached hydrogen (secondary N) is 3. The van der Waals surface area contributed by atoms with Crippen LogP contribution in [0.3, 0.4) is 0 Å². The van der Waals surface area contributed by atoms with Crippen molar-refractivity contribution in [3.05, 3.63) is 78.1 Å². The lowest BCUT2D eigenvalue weighted by molar-refractivity contribution is -0.134. The third-order valence-corrected chi connectivity index (χ3v) is 6.20. The summed E-state index contributed by atoms with van der Waals surface area (Å²) < 4.78 is 13.3. The van der Waals surface area contributed by atoms with Gasteiger partial charge in [0.05, 0.1) is 17.9 Å². The molecule has 1 heterocycles. The molecular formula is C29H27FN4O3. The summed E-state index contributed by atoms with van der Waals surface area (Å²) >= 11 is 0. The van der Waals surface area contributed by atoms with Gasteiger partial charge in [0.25, 0.3) is 5.91 Å². The van der Waals surface area contributed by atoms with Gasteiger partial charge in [0, 0.05) is 24.2 Å². The summed E-state index contributed by atoms with van der Waals surface area (Å²) in [5, 5.41) is 8.79. The van der Waals surface area contributed by atoms with Crippen LogP contribution in [0.2, 0.25) is 0 Å². The van der Waals surface area contributed by atoms with Crippen LogP contribution in [0, 0.1) is 18.2 Å². The topological polar surface area (TPSA) is 90.5 Å². The van der Waals surface area contributed by atoms with Crippen molar-refractivity contribution in [3.63, 3.8) is 0 Å². The summed E-state index contributed by atoms with van der Waals surface area (Å²) in [6, 6.07) is 17.5. The summed E-state index contributed by atoms with van der Waals surface area (Å²) in [5.41, 5.74) is 3.66. The molecule has 37 heavy (non-hydrogen) atoms. The maximum absolute atomic E-state index is 13.3. The van der Waals surface area contributed by atoms with Crippen LogP contribution in [0.4, 0.5) is 21.5 Å². The number of nitrogens with zero attached hydrogens (tertiary/aromatic N) is 1. The van der Waals surface area contributed by atoms with Gasteiger partial charge in [-0.15, -0.1) is 6.42 Å². The molecule has 0 saturated carbocycles. The smallest absolute Gasteiger partial charge is 0.255 e. The highest BCUT2D eigenvalue weighted by atomic mass is 19.1. The van der Waals surface area contributed by atoms with Gasteiger partial charge in [-0.05, 0) is 73.0 Å². The van der Waals surface area contributed by atoms with Gasteiger partial charge in [0.1, 0.15) is 11.9 Å². The second-order valence-electron chi connectivity index (χ2n) is 8.71. The Bertz CT molecular complexity index is 1350. The fraction of sp³-hybridized carbons (Fsp3) is 0.207. The van der Waals surface area contributed by atoms with E-state index in [0.29, 0.717) is 35.6 Å². The molecule has 0 aromatic heterocycles. The summed E-state index contributed by atoms with van der Waals surface area (Å²) in [5.74, 6) is 1.52. The first-order valence-electron chi connectivity index (χ1n) is 11.9. The fourth-order valence-electron chi connectivity index (χ4n) is 4.14. The third kappa shape index (κ3) is 6.14. The molecule has 0 aliphatic carbocycles. The van der Waals surface area contributed by atoms with Gasteiger partial charge in [-0.1, -0.05) is 24.1 Å². The highest BCUT2D eigenvalue weighted by molar-refractivity contribution is 6.07. The molecule has 0 spiro atoms. The Morgan fingerprint density at radius 2 is 1.70 bits per heavy atom. The summed E-state index contributed by atoms with van der Waals surface area (Å²) in [6.45, 7) is 2.55. The predicted molar refractivity (Wildman–Crippen MR) is 143 cm³/mol. The van der Waals surface area contributed by atoms with Crippen molar-refractivity contribution < 1.29 is 18.8 Å². The van der Waals surface area contributed by atoms with Gasteiger partial charge in [-0.3, -0.25) is 14.4 Å². The van der Waals surface area contributed by atoms with E-state index in [1.165, 1.54) is 12.1 Å². The van der Waals surface area contributed by atoms with E-state index in [0.717, 1.165) is 17.5 Å². The molecule has 188 valence electrons. The molecule has 3 aromatic carbocycles. The first-order chi connectivity index (χ1) is 17.9. The molecule has 1 atom stereocenters. The number of rotatable bonds is 8. The number of anilines is 3. The number of carbonyl (C=O) groups is 3. The van der Waals surface area contributed by atoms with Crippen molar-refractivity contribution in [1.82, 2.24) is 4.90 Å². The van der Waals surface area contributed by atoms with Crippen molar-refractivity contribution in [2.45, 2.75) is 25.8 Å². The van der Waals surface area contributed by atoms with E-state index in [9.17, 15) is 18.8 Å².